The number of nitrogens with one attached hydrogen (secondary N) is 1. The summed E-state index contributed by atoms with van der Waals surface area (Å²) >= 11 is 0. The van der Waals surface area contributed by atoms with E-state index in [1.807, 2.05) is 5.32 Å². The van der Waals surface area contributed by atoms with Crippen LogP contribution >= 0.6 is 0 Å². The molecule has 0 spiro atoms. The van der Waals surface area contributed by atoms with Gasteiger partial charge in [-0.15, -0.1) is 0 Å². The van der Waals surface area contributed by atoms with Gasteiger partial charge in [-0.05, 0) is 5.56 Å². The van der Waals surface area contributed by atoms with Crippen LogP contribution in [-0.2, 0) is 9.53 Å². The zero-order valence-corrected chi connectivity index (χ0v) is 12.9. The van der Waals surface area contributed by atoms with E-state index in [9.17, 15) is 34.9 Å². The van der Waals surface area contributed by atoms with Crippen molar-refractivity contribution in [1.29, 1.82) is 0 Å². The average Bonchev–Trinajstić information content (AvgIpc) is 2.61. The highest BCUT2D eigenvalue weighted by Gasteiger charge is 2.23. The number of nitrogens with zero attached hydrogens (tertiary/aromatic N) is 2. The Balaban J connectivity index is 2.11. The average molecular weight is 361 g/mol. The minimum atomic E-state index is -1.72. The molecule has 0 saturated carbocycles. The van der Waals surface area contributed by atoms with E-state index in [1.165, 1.54) is 12.1 Å². The largest absolute Gasteiger partial charge is 0.419 e. The molecule has 0 radical (unpaired) electrons. The molecule has 0 aliphatic carbocycles. The minimum absolute atomic E-state index is 0.191. The molecule has 11 heteroatoms. The first-order chi connectivity index (χ1) is 12.3. The van der Waals surface area contributed by atoms with Crippen LogP contribution < -0.4 is 5.32 Å². The van der Waals surface area contributed by atoms with Gasteiger partial charge in [-0.25, -0.2) is 9.59 Å². The van der Waals surface area contributed by atoms with Crippen molar-refractivity contribution >= 4 is 29.1 Å². The number of benzene rings is 2. The number of anilines is 1. The molecule has 1 unspecified atom stereocenters. The Kier molecular flexibility index (Phi) is 5.55. The maximum absolute atomic E-state index is 11.7. The van der Waals surface area contributed by atoms with E-state index in [4.69, 9.17) is 0 Å². The summed E-state index contributed by atoms with van der Waals surface area (Å²) in [5.41, 5.74) is -1.40. The number of hydrogen-bond acceptors (Lipinski definition) is 8. The highest BCUT2D eigenvalue weighted by Crippen LogP contribution is 2.26. The number of carbonyl (C=O) groups is 2. The predicted octanol–water partition coefficient (Wildman–Crippen LogP) is 2.31. The molecule has 1 amide bonds. The highest BCUT2D eigenvalue weighted by molar-refractivity contribution is 5.95. The number of rotatable bonds is 5. The summed E-state index contributed by atoms with van der Waals surface area (Å²) < 4.78 is 4.39. The van der Waals surface area contributed by atoms with Crippen molar-refractivity contribution in [2.75, 3.05) is 5.32 Å². The fourth-order valence-corrected chi connectivity index (χ4v) is 1.94. The molecular formula is C15H11N3O8. The van der Waals surface area contributed by atoms with E-state index in [2.05, 4.69) is 4.74 Å². The van der Waals surface area contributed by atoms with Gasteiger partial charge in [0.05, 0.1) is 21.6 Å². The van der Waals surface area contributed by atoms with Gasteiger partial charge in [0.2, 0.25) is 0 Å². The standard InChI is InChI=1S/C15H11N3O8/c19-13(9-4-2-1-3-5-9)14(20)26-15(21)16-10-6-11(17(22)23)8-12(7-10)18(24)25/h1-8,13,19H,(H,16,21). The number of aliphatic hydroxyl groups excluding tert-OH is 1. The number of aliphatic hydroxyl groups is 1. The maximum Gasteiger partial charge on any atom is 0.419 e. The molecule has 0 saturated heterocycles. The van der Waals surface area contributed by atoms with Crippen LogP contribution in [-0.4, -0.2) is 27.0 Å². The Labute approximate surface area is 145 Å². The second kappa shape index (κ2) is 7.81. The molecule has 0 heterocycles. The first-order valence-electron chi connectivity index (χ1n) is 6.97. The molecule has 26 heavy (non-hydrogen) atoms. The first kappa shape index (κ1) is 18.5. The van der Waals surface area contributed by atoms with Gasteiger partial charge >= 0.3 is 12.1 Å². The topological polar surface area (TPSA) is 162 Å². The lowest BCUT2D eigenvalue weighted by Gasteiger charge is -2.10. The van der Waals surface area contributed by atoms with Gasteiger partial charge in [-0.1, -0.05) is 30.3 Å². The second-order valence-corrected chi connectivity index (χ2v) is 4.90. The summed E-state index contributed by atoms with van der Waals surface area (Å²) in [4.78, 5) is 43.3. The molecule has 11 nitrogen and oxygen atoms in total. The summed E-state index contributed by atoms with van der Waals surface area (Å²) in [6.07, 6.45) is -3.08. The van der Waals surface area contributed by atoms with E-state index in [0.717, 1.165) is 12.1 Å². The molecule has 0 bridgehead atoms. The van der Waals surface area contributed by atoms with E-state index < -0.39 is 39.4 Å². The summed E-state index contributed by atoms with van der Waals surface area (Å²) in [5, 5.41) is 33.4. The van der Waals surface area contributed by atoms with Crippen molar-refractivity contribution in [3.63, 3.8) is 0 Å². The van der Waals surface area contributed by atoms with Crippen LogP contribution in [0.5, 0.6) is 0 Å². The van der Waals surface area contributed by atoms with Gasteiger partial charge in [0.1, 0.15) is 0 Å². The Morgan fingerprint density at radius 2 is 1.54 bits per heavy atom. The lowest BCUT2D eigenvalue weighted by molar-refractivity contribution is -0.394. The fraction of sp³-hybridized carbons (Fsp3) is 0.0667. The van der Waals surface area contributed by atoms with E-state index >= 15 is 0 Å². The number of carbonyl (C=O) groups excluding carboxylic acids is 2. The van der Waals surface area contributed by atoms with Crippen LogP contribution in [0.1, 0.15) is 11.7 Å². The summed E-state index contributed by atoms with van der Waals surface area (Å²) in [6, 6.07) is 10.1. The molecule has 0 aliphatic rings. The second-order valence-electron chi connectivity index (χ2n) is 4.90. The van der Waals surface area contributed by atoms with Gasteiger partial charge in [0, 0.05) is 12.1 Å². The molecule has 2 aromatic rings. The summed E-state index contributed by atoms with van der Waals surface area (Å²) in [5.74, 6) is -1.28. The van der Waals surface area contributed by atoms with Crippen molar-refractivity contribution in [2.45, 2.75) is 6.10 Å². The minimum Gasteiger partial charge on any atom is -0.377 e. The van der Waals surface area contributed by atoms with Crippen LogP contribution in [0.2, 0.25) is 0 Å². The van der Waals surface area contributed by atoms with Crippen molar-refractivity contribution in [3.8, 4) is 0 Å². The third-order valence-corrected chi connectivity index (χ3v) is 3.10. The lowest BCUT2D eigenvalue weighted by atomic mass is 10.1. The third kappa shape index (κ3) is 4.58. The Bertz CT molecular complexity index is 836. The van der Waals surface area contributed by atoms with Crippen LogP contribution in [0, 0.1) is 20.2 Å². The quantitative estimate of drug-likeness (QED) is 0.355. The first-order valence-corrected chi connectivity index (χ1v) is 6.97. The van der Waals surface area contributed by atoms with Crippen LogP contribution in [0.3, 0.4) is 0 Å². The van der Waals surface area contributed by atoms with Crippen molar-refractivity contribution < 1.29 is 29.3 Å². The molecule has 0 aliphatic heterocycles. The molecule has 134 valence electrons. The van der Waals surface area contributed by atoms with Crippen molar-refractivity contribution in [2.24, 2.45) is 0 Å². The zero-order valence-electron chi connectivity index (χ0n) is 12.9. The molecule has 1 atom stereocenters. The van der Waals surface area contributed by atoms with Crippen LogP contribution in [0.25, 0.3) is 0 Å². The zero-order chi connectivity index (χ0) is 19.3. The normalized spacial score (nSPS) is 11.3. The third-order valence-electron chi connectivity index (χ3n) is 3.10. The smallest absolute Gasteiger partial charge is 0.377 e. The van der Waals surface area contributed by atoms with Gasteiger partial charge < -0.3 is 9.84 Å². The number of esters is 1. The molecule has 2 N–H and O–H groups in total. The SMILES string of the molecule is O=C(Nc1cc([N+](=O)[O-])cc([N+](=O)[O-])c1)OC(=O)C(O)c1ccccc1. The fourth-order valence-electron chi connectivity index (χ4n) is 1.94. The summed E-state index contributed by atoms with van der Waals surface area (Å²) in [6.45, 7) is 0. The van der Waals surface area contributed by atoms with Gasteiger partial charge in [-0.2, -0.15) is 0 Å². The molecule has 0 aromatic heterocycles. The number of nitro benzene ring substituents is 2. The van der Waals surface area contributed by atoms with E-state index in [-0.39, 0.29) is 11.3 Å². The van der Waals surface area contributed by atoms with Crippen molar-refractivity contribution in [1.82, 2.24) is 0 Å². The maximum atomic E-state index is 11.7. The predicted molar refractivity (Wildman–Crippen MR) is 86.3 cm³/mol. The molecule has 0 fully saturated rings. The number of amides is 1. The van der Waals surface area contributed by atoms with Crippen LogP contribution in [0.4, 0.5) is 21.9 Å². The highest BCUT2D eigenvalue weighted by atomic mass is 16.6. The monoisotopic (exact) mass is 361 g/mol. The van der Waals surface area contributed by atoms with Gasteiger partial charge in [0.25, 0.3) is 11.4 Å². The number of ether oxygens (including phenoxy) is 1. The van der Waals surface area contributed by atoms with Gasteiger partial charge in [0.15, 0.2) is 6.10 Å². The summed E-state index contributed by atoms with van der Waals surface area (Å²) in [7, 11) is 0. The Morgan fingerprint density at radius 3 is 2.04 bits per heavy atom. The number of non-ortho nitro benzene ring substituents is 2. The van der Waals surface area contributed by atoms with Gasteiger partial charge in [-0.3, -0.25) is 25.5 Å². The number of nitro groups is 2. The van der Waals surface area contributed by atoms with E-state index in [0.29, 0.717) is 6.07 Å². The lowest BCUT2D eigenvalue weighted by Crippen LogP contribution is -2.23. The van der Waals surface area contributed by atoms with Crippen molar-refractivity contribution in [3.05, 3.63) is 74.3 Å². The van der Waals surface area contributed by atoms with Crippen LogP contribution in [0.15, 0.2) is 48.5 Å². The Morgan fingerprint density at radius 1 is 1.00 bits per heavy atom. The molecule has 2 rings (SSSR count). The number of hydrogen-bond donors (Lipinski definition) is 2. The molecule has 2 aromatic carbocycles. The van der Waals surface area contributed by atoms with E-state index in [1.54, 1.807) is 18.2 Å². The molecular weight excluding hydrogens is 350 g/mol. The Hall–Kier alpha value is -3.86.